The SMILES string of the molecule is CC1(C)C[C@@H](NC(=O)c2ccc(I)cc2)c2ccccc2O1. The molecular weight excluding hydrogens is 389 g/mol. The zero-order valence-corrected chi connectivity index (χ0v) is 14.8. The Bertz CT molecular complexity index is 694. The van der Waals surface area contributed by atoms with Gasteiger partial charge in [-0.25, -0.2) is 0 Å². The number of fused-ring (bicyclic) bond motifs is 1. The van der Waals surface area contributed by atoms with Crippen LogP contribution in [0.25, 0.3) is 0 Å². The van der Waals surface area contributed by atoms with E-state index >= 15 is 0 Å². The van der Waals surface area contributed by atoms with Gasteiger partial charge < -0.3 is 10.1 Å². The summed E-state index contributed by atoms with van der Waals surface area (Å²) < 4.78 is 7.12. The second kappa shape index (κ2) is 5.91. The number of para-hydroxylation sites is 1. The molecule has 2 aromatic carbocycles. The molecular formula is C18H18INO2. The van der Waals surface area contributed by atoms with Crippen molar-refractivity contribution in [2.75, 3.05) is 0 Å². The number of nitrogens with one attached hydrogen (secondary N) is 1. The van der Waals surface area contributed by atoms with E-state index in [4.69, 9.17) is 4.74 Å². The fourth-order valence-electron chi connectivity index (χ4n) is 2.77. The highest BCUT2D eigenvalue weighted by Gasteiger charge is 2.34. The van der Waals surface area contributed by atoms with E-state index in [1.54, 1.807) is 0 Å². The van der Waals surface area contributed by atoms with Crippen molar-refractivity contribution in [2.24, 2.45) is 0 Å². The number of ether oxygens (including phenoxy) is 1. The molecule has 0 bridgehead atoms. The van der Waals surface area contributed by atoms with E-state index in [0.717, 1.165) is 21.3 Å². The van der Waals surface area contributed by atoms with E-state index in [2.05, 4.69) is 27.9 Å². The molecule has 1 heterocycles. The second-order valence-corrected chi connectivity index (χ2v) is 7.38. The Labute approximate surface area is 144 Å². The first-order valence-corrected chi connectivity index (χ1v) is 8.37. The van der Waals surface area contributed by atoms with Crippen LogP contribution in [0.4, 0.5) is 0 Å². The first kappa shape index (κ1) is 15.3. The zero-order chi connectivity index (χ0) is 15.7. The molecule has 1 amide bonds. The van der Waals surface area contributed by atoms with Crippen LogP contribution in [0, 0.1) is 3.57 Å². The van der Waals surface area contributed by atoms with Gasteiger partial charge in [-0.05, 0) is 66.8 Å². The molecule has 114 valence electrons. The van der Waals surface area contributed by atoms with Crippen molar-refractivity contribution < 1.29 is 9.53 Å². The molecule has 1 aliphatic rings. The smallest absolute Gasteiger partial charge is 0.251 e. The molecule has 0 fully saturated rings. The van der Waals surface area contributed by atoms with Crippen LogP contribution >= 0.6 is 22.6 Å². The van der Waals surface area contributed by atoms with Crippen molar-refractivity contribution in [2.45, 2.75) is 31.9 Å². The summed E-state index contributed by atoms with van der Waals surface area (Å²) in [5.74, 6) is 0.806. The van der Waals surface area contributed by atoms with Crippen LogP contribution in [0.1, 0.15) is 42.2 Å². The number of rotatable bonds is 2. The van der Waals surface area contributed by atoms with Gasteiger partial charge in [-0.1, -0.05) is 18.2 Å². The number of carbonyl (C=O) groups excluding carboxylic acids is 1. The largest absolute Gasteiger partial charge is 0.487 e. The van der Waals surface area contributed by atoms with Gasteiger partial charge in [0.05, 0.1) is 6.04 Å². The van der Waals surface area contributed by atoms with E-state index in [-0.39, 0.29) is 17.6 Å². The summed E-state index contributed by atoms with van der Waals surface area (Å²) in [6.45, 7) is 4.10. The predicted molar refractivity (Wildman–Crippen MR) is 95.1 cm³/mol. The molecule has 0 radical (unpaired) electrons. The number of hydrogen-bond acceptors (Lipinski definition) is 2. The Hall–Kier alpha value is -1.56. The molecule has 1 N–H and O–H groups in total. The number of benzene rings is 2. The van der Waals surface area contributed by atoms with Crippen molar-refractivity contribution in [3.05, 3.63) is 63.2 Å². The van der Waals surface area contributed by atoms with Gasteiger partial charge in [0.1, 0.15) is 11.4 Å². The zero-order valence-electron chi connectivity index (χ0n) is 12.6. The predicted octanol–water partition coefficient (Wildman–Crippen LogP) is 4.32. The first-order valence-electron chi connectivity index (χ1n) is 7.29. The summed E-state index contributed by atoms with van der Waals surface area (Å²) in [6.07, 6.45) is 0.750. The summed E-state index contributed by atoms with van der Waals surface area (Å²) in [4.78, 5) is 12.5. The maximum absolute atomic E-state index is 12.5. The lowest BCUT2D eigenvalue weighted by atomic mass is 9.89. The molecule has 3 nitrogen and oxygen atoms in total. The highest BCUT2D eigenvalue weighted by Crippen LogP contribution is 2.39. The Morgan fingerprint density at radius 2 is 1.86 bits per heavy atom. The lowest BCUT2D eigenvalue weighted by molar-refractivity contribution is 0.0620. The van der Waals surface area contributed by atoms with Gasteiger partial charge in [-0.3, -0.25) is 4.79 Å². The van der Waals surface area contributed by atoms with E-state index < -0.39 is 0 Å². The Kier molecular flexibility index (Phi) is 4.12. The van der Waals surface area contributed by atoms with Crippen molar-refractivity contribution >= 4 is 28.5 Å². The summed E-state index contributed by atoms with van der Waals surface area (Å²) in [5, 5.41) is 3.15. The fraction of sp³-hybridized carbons (Fsp3) is 0.278. The molecule has 3 rings (SSSR count). The third kappa shape index (κ3) is 3.27. The maximum Gasteiger partial charge on any atom is 0.251 e. The van der Waals surface area contributed by atoms with Gasteiger partial charge in [0, 0.05) is 21.1 Å². The van der Waals surface area contributed by atoms with Crippen molar-refractivity contribution in [3.8, 4) is 5.75 Å². The molecule has 2 aromatic rings. The molecule has 22 heavy (non-hydrogen) atoms. The average molecular weight is 407 g/mol. The van der Waals surface area contributed by atoms with Gasteiger partial charge in [0.15, 0.2) is 0 Å². The fourth-order valence-corrected chi connectivity index (χ4v) is 3.13. The first-order chi connectivity index (χ1) is 10.4. The highest BCUT2D eigenvalue weighted by molar-refractivity contribution is 14.1. The molecule has 0 aliphatic carbocycles. The lowest BCUT2D eigenvalue weighted by Crippen LogP contribution is -2.41. The normalized spacial score (nSPS) is 19.0. The lowest BCUT2D eigenvalue weighted by Gasteiger charge is -2.37. The van der Waals surface area contributed by atoms with Crippen LogP contribution in [0.2, 0.25) is 0 Å². The van der Waals surface area contributed by atoms with Crippen molar-refractivity contribution in [1.29, 1.82) is 0 Å². The minimum atomic E-state index is -0.293. The Morgan fingerprint density at radius 1 is 1.18 bits per heavy atom. The average Bonchev–Trinajstić information content (AvgIpc) is 2.46. The minimum Gasteiger partial charge on any atom is -0.487 e. The summed E-state index contributed by atoms with van der Waals surface area (Å²) in [6, 6.07) is 15.5. The third-order valence-corrected chi connectivity index (χ3v) is 4.51. The van der Waals surface area contributed by atoms with Crippen LogP contribution in [-0.4, -0.2) is 11.5 Å². The van der Waals surface area contributed by atoms with E-state index in [9.17, 15) is 4.79 Å². The number of amides is 1. The summed E-state index contributed by atoms with van der Waals surface area (Å²) >= 11 is 2.23. The van der Waals surface area contributed by atoms with Crippen molar-refractivity contribution in [1.82, 2.24) is 5.32 Å². The molecule has 0 spiro atoms. The molecule has 1 aliphatic heterocycles. The van der Waals surface area contributed by atoms with Crippen LogP contribution < -0.4 is 10.1 Å². The van der Waals surface area contributed by atoms with Crippen LogP contribution in [0.3, 0.4) is 0 Å². The standard InChI is InChI=1S/C18H18INO2/c1-18(2)11-15(14-5-3-4-6-16(14)22-18)20-17(21)12-7-9-13(19)10-8-12/h3-10,15H,11H2,1-2H3,(H,20,21)/t15-/m1/s1. The molecule has 1 atom stereocenters. The van der Waals surface area contributed by atoms with Gasteiger partial charge >= 0.3 is 0 Å². The quantitative estimate of drug-likeness (QED) is 0.753. The number of halogens is 1. The van der Waals surface area contributed by atoms with E-state index in [0.29, 0.717) is 5.56 Å². The summed E-state index contributed by atoms with van der Waals surface area (Å²) in [7, 11) is 0. The van der Waals surface area contributed by atoms with Crippen LogP contribution in [0.15, 0.2) is 48.5 Å². The van der Waals surface area contributed by atoms with Gasteiger partial charge in [0.25, 0.3) is 5.91 Å². The monoisotopic (exact) mass is 407 g/mol. The Morgan fingerprint density at radius 3 is 2.59 bits per heavy atom. The van der Waals surface area contributed by atoms with Gasteiger partial charge in [-0.15, -0.1) is 0 Å². The topological polar surface area (TPSA) is 38.3 Å². The van der Waals surface area contributed by atoms with Crippen LogP contribution in [0.5, 0.6) is 5.75 Å². The molecule has 4 heteroatoms. The van der Waals surface area contributed by atoms with Crippen molar-refractivity contribution in [3.63, 3.8) is 0 Å². The van der Waals surface area contributed by atoms with E-state index in [1.807, 2.05) is 62.4 Å². The van der Waals surface area contributed by atoms with E-state index in [1.165, 1.54) is 0 Å². The molecule has 0 unspecified atom stereocenters. The number of hydrogen-bond donors (Lipinski definition) is 1. The minimum absolute atomic E-state index is 0.0354. The molecule has 0 saturated heterocycles. The third-order valence-electron chi connectivity index (χ3n) is 3.79. The number of carbonyl (C=O) groups is 1. The second-order valence-electron chi connectivity index (χ2n) is 6.14. The maximum atomic E-state index is 12.5. The molecule has 0 saturated carbocycles. The summed E-state index contributed by atoms with van der Waals surface area (Å²) in [5.41, 5.74) is 1.43. The van der Waals surface area contributed by atoms with Crippen LogP contribution in [-0.2, 0) is 0 Å². The Balaban J connectivity index is 1.85. The highest BCUT2D eigenvalue weighted by atomic mass is 127. The molecule has 0 aromatic heterocycles. The van der Waals surface area contributed by atoms with Gasteiger partial charge in [-0.2, -0.15) is 0 Å². The van der Waals surface area contributed by atoms with Gasteiger partial charge in [0.2, 0.25) is 0 Å².